The van der Waals surface area contributed by atoms with E-state index in [0.717, 1.165) is 9.13 Å². The molecule has 0 atom stereocenters. The molecule has 2 aromatic carbocycles. The molecular formula is C14H11ClINO2. The second-order valence-electron chi connectivity index (χ2n) is 4.07. The molecule has 0 heterocycles. The van der Waals surface area contributed by atoms with E-state index in [9.17, 15) is 9.90 Å². The largest absolute Gasteiger partial charge is 0.507 e. The van der Waals surface area contributed by atoms with Crippen LogP contribution in [0.1, 0.15) is 15.9 Å². The van der Waals surface area contributed by atoms with Crippen molar-refractivity contribution in [3.8, 4) is 5.75 Å². The zero-order chi connectivity index (χ0) is 14.0. The fraction of sp³-hybridized carbons (Fsp3) is 0.0714. The Hall–Kier alpha value is -1.27. The molecule has 2 rings (SSSR count). The molecule has 2 N–H and O–H groups in total. The van der Waals surface area contributed by atoms with Crippen molar-refractivity contribution in [3.63, 3.8) is 0 Å². The summed E-state index contributed by atoms with van der Waals surface area (Å²) < 4.78 is 0.878. The lowest BCUT2D eigenvalue weighted by Crippen LogP contribution is -2.13. The van der Waals surface area contributed by atoms with Gasteiger partial charge in [0.05, 0.1) is 5.56 Å². The van der Waals surface area contributed by atoms with E-state index >= 15 is 0 Å². The molecule has 0 radical (unpaired) electrons. The summed E-state index contributed by atoms with van der Waals surface area (Å²) in [5, 5.41) is 13.0. The molecule has 0 saturated carbocycles. The lowest BCUT2D eigenvalue weighted by molar-refractivity contribution is 0.102. The molecule has 19 heavy (non-hydrogen) atoms. The SMILES string of the molecule is Cc1ccc(Cl)cc1NC(=O)c1cc(I)ccc1O. The number of phenols is 1. The van der Waals surface area contributed by atoms with Crippen LogP contribution < -0.4 is 5.32 Å². The summed E-state index contributed by atoms with van der Waals surface area (Å²) in [5.41, 5.74) is 1.78. The van der Waals surface area contributed by atoms with E-state index in [1.54, 1.807) is 24.3 Å². The van der Waals surface area contributed by atoms with Gasteiger partial charge in [0.1, 0.15) is 5.75 Å². The minimum Gasteiger partial charge on any atom is -0.507 e. The monoisotopic (exact) mass is 387 g/mol. The van der Waals surface area contributed by atoms with E-state index in [0.29, 0.717) is 10.7 Å². The Morgan fingerprint density at radius 2 is 2.00 bits per heavy atom. The van der Waals surface area contributed by atoms with E-state index in [1.165, 1.54) is 6.07 Å². The molecule has 3 nitrogen and oxygen atoms in total. The van der Waals surface area contributed by atoms with Gasteiger partial charge in [-0.15, -0.1) is 0 Å². The first-order valence-corrected chi connectivity index (χ1v) is 6.99. The van der Waals surface area contributed by atoms with Gasteiger partial charge in [0.15, 0.2) is 0 Å². The highest BCUT2D eigenvalue weighted by Crippen LogP contribution is 2.24. The number of phenolic OH excluding ortho intramolecular Hbond substituents is 1. The molecule has 1 amide bonds. The van der Waals surface area contributed by atoms with Crippen molar-refractivity contribution in [1.29, 1.82) is 0 Å². The summed E-state index contributed by atoms with van der Waals surface area (Å²) in [7, 11) is 0. The molecule has 98 valence electrons. The Labute approximate surface area is 129 Å². The quantitative estimate of drug-likeness (QED) is 0.758. The third-order valence-electron chi connectivity index (χ3n) is 2.65. The number of benzene rings is 2. The van der Waals surface area contributed by atoms with E-state index in [1.807, 2.05) is 13.0 Å². The summed E-state index contributed by atoms with van der Waals surface area (Å²) in [6, 6.07) is 10.1. The highest BCUT2D eigenvalue weighted by molar-refractivity contribution is 14.1. The fourth-order valence-corrected chi connectivity index (χ4v) is 2.27. The predicted molar refractivity (Wildman–Crippen MR) is 85.0 cm³/mol. The van der Waals surface area contributed by atoms with Gasteiger partial charge < -0.3 is 10.4 Å². The zero-order valence-corrected chi connectivity index (χ0v) is 13.0. The lowest BCUT2D eigenvalue weighted by atomic mass is 10.1. The molecule has 0 bridgehead atoms. The van der Waals surface area contributed by atoms with Crippen molar-refractivity contribution in [2.24, 2.45) is 0 Å². The van der Waals surface area contributed by atoms with Crippen LogP contribution >= 0.6 is 34.2 Å². The number of halogens is 2. The average Bonchev–Trinajstić information content (AvgIpc) is 2.36. The molecule has 0 aromatic heterocycles. The van der Waals surface area contributed by atoms with Crippen LogP contribution in [0.2, 0.25) is 5.02 Å². The van der Waals surface area contributed by atoms with E-state index in [2.05, 4.69) is 27.9 Å². The molecular weight excluding hydrogens is 377 g/mol. The highest BCUT2D eigenvalue weighted by Gasteiger charge is 2.13. The van der Waals surface area contributed by atoms with Crippen LogP contribution in [0.4, 0.5) is 5.69 Å². The van der Waals surface area contributed by atoms with Gasteiger partial charge in [0.25, 0.3) is 5.91 Å². The van der Waals surface area contributed by atoms with Gasteiger partial charge in [0, 0.05) is 14.3 Å². The molecule has 0 saturated heterocycles. The van der Waals surface area contributed by atoms with Crippen molar-refractivity contribution < 1.29 is 9.90 Å². The third-order valence-corrected chi connectivity index (χ3v) is 3.56. The van der Waals surface area contributed by atoms with Crippen molar-refractivity contribution in [2.45, 2.75) is 6.92 Å². The first-order valence-electron chi connectivity index (χ1n) is 5.53. The molecule has 0 spiro atoms. The highest BCUT2D eigenvalue weighted by atomic mass is 127. The van der Waals surface area contributed by atoms with Crippen LogP contribution in [-0.4, -0.2) is 11.0 Å². The van der Waals surface area contributed by atoms with Gasteiger partial charge in [-0.05, 0) is 65.4 Å². The second-order valence-corrected chi connectivity index (χ2v) is 5.76. The fourth-order valence-electron chi connectivity index (χ4n) is 1.61. The van der Waals surface area contributed by atoms with Gasteiger partial charge in [-0.3, -0.25) is 4.79 Å². The number of carbonyl (C=O) groups excluding carboxylic acids is 1. The first-order chi connectivity index (χ1) is 8.97. The molecule has 0 fully saturated rings. The van der Waals surface area contributed by atoms with E-state index in [4.69, 9.17) is 11.6 Å². The maximum Gasteiger partial charge on any atom is 0.259 e. The number of aryl methyl sites for hydroxylation is 1. The van der Waals surface area contributed by atoms with Crippen LogP contribution in [0.3, 0.4) is 0 Å². The molecule has 2 aromatic rings. The van der Waals surface area contributed by atoms with E-state index in [-0.39, 0.29) is 17.2 Å². The molecule has 0 aliphatic heterocycles. The van der Waals surface area contributed by atoms with Gasteiger partial charge in [-0.25, -0.2) is 0 Å². The Bertz CT molecular complexity index is 643. The zero-order valence-electron chi connectivity index (χ0n) is 10.1. The first kappa shape index (κ1) is 14.1. The number of aromatic hydroxyl groups is 1. The number of amides is 1. The Morgan fingerprint density at radius 1 is 1.26 bits per heavy atom. The van der Waals surface area contributed by atoms with Gasteiger partial charge in [0.2, 0.25) is 0 Å². The maximum atomic E-state index is 12.1. The molecule has 0 unspecified atom stereocenters. The molecule has 5 heteroatoms. The number of nitrogens with one attached hydrogen (secondary N) is 1. The standard InChI is InChI=1S/C14H11ClINO2/c1-8-2-3-9(15)6-12(8)17-14(19)11-7-10(16)4-5-13(11)18/h2-7,18H,1H3,(H,17,19). The minimum absolute atomic E-state index is 0.0439. The summed E-state index contributed by atoms with van der Waals surface area (Å²) in [6.07, 6.45) is 0. The number of anilines is 1. The van der Waals surface area contributed by atoms with Crippen LogP contribution in [0.15, 0.2) is 36.4 Å². The van der Waals surface area contributed by atoms with Crippen molar-refractivity contribution in [2.75, 3.05) is 5.32 Å². The minimum atomic E-state index is -0.360. The maximum absolute atomic E-state index is 12.1. The average molecular weight is 388 g/mol. The Balaban J connectivity index is 2.30. The molecule has 0 aliphatic rings. The summed E-state index contributed by atoms with van der Waals surface area (Å²) in [5.74, 6) is -0.404. The van der Waals surface area contributed by atoms with Crippen LogP contribution in [0, 0.1) is 10.5 Å². The normalized spacial score (nSPS) is 10.3. The van der Waals surface area contributed by atoms with Gasteiger partial charge in [-0.2, -0.15) is 0 Å². The summed E-state index contributed by atoms with van der Waals surface area (Å²) >= 11 is 7.99. The second kappa shape index (κ2) is 5.79. The number of carbonyl (C=O) groups is 1. The van der Waals surface area contributed by atoms with E-state index < -0.39 is 0 Å². The lowest BCUT2D eigenvalue weighted by Gasteiger charge is -2.10. The van der Waals surface area contributed by atoms with Crippen molar-refractivity contribution in [1.82, 2.24) is 0 Å². The smallest absolute Gasteiger partial charge is 0.259 e. The third kappa shape index (κ3) is 3.39. The number of rotatable bonds is 2. The van der Waals surface area contributed by atoms with Crippen LogP contribution in [0.5, 0.6) is 5.75 Å². The van der Waals surface area contributed by atoms with Gasteiger partial charge >= 0.3 is 0 Å². The Morgan fingerprint density at radius 3 is 2.74 bits per heavy atom. The predicted octanol–water partition coefficient (Wildman–Crippen LogP) is 4.21. The summed E-state index contributed by atoms with van der Waals surface area (Å²) in [4.78, 5) is 12.1. The number of hydrogen-bond acceptors (Lipinski definition) is 2. The van der Waals surface area contributed by atoms with Crippen LogP contribution in [-0.2, 0) is 0 Å². The van der Waals surface area contributed by atoms with Crippen molar-refractivity contribution >= 4 is 45.8 Å². The Kier molecular flexibility index (Phi) is 4.31. The summed E-state index contributed by atoms with van der Waals surface area (Å²) in [6.45, 7) is 1.88. The topological polar surface area (TPSA) is 49.3 Å². The molecule has 0 aliphatic carbocycles. The van der Waals surface area contributed by atoms with Crippen LogP contribution in [0.25, 0.3) is 0 Å². The van der Waals surface area contributed by atoms with Gasteiger partial charge in [-0.1, -0.05) is 17.7 Å². The number of hydrogen-bond donors (Lipinski definition) is 2. The van der Waals surface area contributed by atoms with Crippen molar-refractivity contribution in [3.05, 3.63) is 56.1 Å².